The summed E-state index contributed by atoms with van der Waals surface area (Å²) < 4.78 is 1.91. The molecule has 0 saturated heterocycles. The van der Waals surface area contributed by atoms with Crippen LogP contribution in [-0.2, 0) is 7.05 Å². The van der Waals surface area contributed by atoms with E-state index >= 15 is 0 Å². The van der Waals surface area contributed by atoms with Gasteiger partial charge in [-0.1, -0.05) is 97.1 Å². The Bertz CT molecular complexity index is 1470. The molecule has 1 unspecified atom stereocenters. The highest BCUT2D eigenvalue weighted by molar-refractivity contribution is 6.05. The van der Waals surface area contributed by atoms with Gasteiger partial charge in [0.15, 0.2) is 0 Å². The molecule has 1 aromatic heterocycles. The lowest BCUT2D eigenvalue weighted by Gasteiger charge is -2.16. The zero-order valence-electron chi connectivity index (χ0n) is 19.6. The molecule has 1 heterocycles. The fraction of sp³-hybridized carbons (Fsp3) is 0.133. The Morgan fingerprint density at radius 2 is 1.44 bits per heavy atom. The minimum atomic E-state index is -0.145. The van der Waals surface area contributed by atoms with Crippen LogP contribution in [0.15, 0.2) is 97.1 Å². The molecule has 0 fully saturated rings. The molecule has 1 N–H and O–H groups in total. The summed E-state index contributed by atoms with van der Waals surface area (Å²) in [7, 11) is 1.91. The molecule has 34 heavy (non-hydrogen) atoms. The minimum absolute atomic E-state index is 0.133. The summed E-state index contributed by atoms with van der Waals surface area (Å²) in [5.74, 6) is 0.617. The summed E-state index contributed by atoms with van der Waals surface area (Å²) in [6.45, 7) is 4.11. The molecule has 4 aromatic carbocycles. The van der Waals surface area contributed by atoms with Crippen LogP contribution in [0.2, 0.25) is 0 Å². The van der Waals surface area contributed by atoms with Crippen molar-refractivity contribution >= 4 is 16.7 Å². The SMILES string of the molecule is Cc1ccc(-c2nc(-c3ccccc3)n(C)c2C(=O)NC(C)c2ccccc2)c2ccccc12. The molecular formula is C30H27N3O. The highest BCUT2D eigenvalue weighted by atomic mass is 16.2. The van der Waals surface area contributed by atoms with Gasteiger partial charge in [0.25, 0.3) is 5.91 Å². The van der Waals surface area contributed by atoms with E-state index in [1.54, 1.807) is 0 Å². The van der Waals surface area contributed by atoms with Crippen LogP contribution in [-0.4, -0.2) is 15.5 Å². The number of nitrogens with zero attached hydrogens (tertiary/aromatic N) is 2. The third-order valence-electron chi connectivity index (χ3n) is 6.39. The maximum Gasteiger partial charge on any atom is 0.270 e. The smallest absolute Gasteiger partial charge is 0.270 e. The second-order valence-corrected chi connectivity index (χ2v) is 8.64. The fourth-order valence-electron chi connectivity index (χ4n) is 4.54. The fourth-order valence-corrected chi connectivity index (χ4v) is 4.54. The van der Waals surface area contributed by atoms with Crippen molar-refractivity contribution in [3.8, 4) is 22.6 Å². The van der Waals surface area contributed by atoms with Crippen molar-refractivity contribution in [2.45, 2.75) is 19.9 Å². The van der Waals surface area contributed by atoms with Crippen molar-refractivity contribution in [2.24, 2.45) is 7.05 Å². The molecule has 0 spiro atoms. The number of aromatic nitrogens is 2. The van der Waals surface area contributed by atoms with Crippen molar-refractivity contribution in [3.63, 3.8) is 0 Å². The van der Waals surface area contributed by atoms with E-state index in [2.05, 4.69) is 36.5 Å². The Labute approximate surface area is 199 Å². The van der Waals surface area contributed by atoms with E-state index in [4.69, 9.17) is 4.98 Å². The maximum absolute atomic E-state index is 13.7. The quantitative estimate of drug-likeness (QED) is 0.327. The van der Waals surface area contributed by atoms with Crippen molar-refractivity contribution in [2.75, 3.05) is 0 Å². The zero-order chi connectivity index (χ0) is 23.7. The van der Waals surface area contributed by atoms with Gasteiger partial charge in [0, 0.05) is 18.2 Å². The van der Waals surface area contributed by atoms with Gasteiger partial charge < -0.3 is 9.88 Å². The van der Waals surface area contributed by atoms with Gasteiger partial charge in [-0.3, -0.25) is 4.79 Å². The summed E-state index contributed by atoms with van der Waals surface area (Å²) in [5, 5.41) is 5.44. The number of benzene rings is 4. The number of hydrogen-bond donors (Lipinski definition) is 1. The highest BCUT2D eigenvalue weighted by Gasteiger charge is 2.25. The maximum atomic E-state index is 13.7. The summed E-state index contributed by atoms with van der Waals surface area (Å²) in [5.41, 5.74) is 5.42. The summed E-state index contributed by atoms with van der Waals surface area (Å²) in [6, 6.07) is 32.3. The van der Waals surface area contributed by atoms with Crippen molar-refractivity contribution in [1.82, 2.24) is 14.9 Å². The first-order valence-corrected chi connectivity index (χ1v) is 11.5. The van der Waals surface area contributed by atoms with Gasteiger partial charge in [0.1, 0.15) is 17.2 Å². The van der Waals surface area contributed by atoms with Crippen LogP contribution in [0.4, 0.5) is 0 Å². The van der Waals surface area contributed by atoms with E-state index in [9.17, 15) is 4.79 Å². The first-order chi connectivity index (χ1) is 16.5. The van der Waals surface area contributed by atoms with Crippen LogP contribution < -0.4 is 5.32 Å². The molecule has 0 aliphatic heterocycles. The predicted octanol–water partition coefficient (Wildman–Crippen LogP) is 6.71. The minimum Gasteiger partial charge on any atom is -0.344 e. The normalized spacial score (nSPS) is 12.0. The zero-order valence-corrected chi connectivity index (χ0v) is 19.6. The molecule has 5 rings (SSSR count). The monoisotopic (exact) mass is 445 g/mol. The highest BCUT2D eigenvalue weighted by Crippen LogP contribution is 2.34. The topological polar surface area (TPSA) is 46.9 Å². The van der Waals surface area contributed by atoms with E-state index in [1.165, 1.54) is 5.56 Å². The molecule has 168 valence electrons. The lowest BCUT2D eigenvalue weighted by atomic mass is 9.97. The average molecular weight is 446 g/mol. The number of hydrogen-bond acceptors (Lipinski definition) is 2. The summed E-state index contributed by atoms with van der Waals surface area (Å²) in [4.78, 5) is 18.8. The van der Waals surface area contributed by atoms with Gasteiger partial charge in [-0.2, -0.15) is 0 Å². The average Bonchev–Trinajstić information content (AvgIpc) is 3.22. The molecule has 0 aliphatic carbocycles. The molecule has 0 saturated carbocycles. The number of carbonyl (C=O) groups is 1. The number of aryl methyl sites for hydroxylation is 1. The Balaban J connectivity index is 1.68. The first kappa shape index (κ1) is 21.7. The molecule has 1 atom stereocenters. The molecular weight excluding hydrogens is 418 g/mol. The van der Waals surface area contributed by atoms with E-state index in [1.807, 2.05) is 91.3 Å². The van der Waals surface area contributed by atoms with E-state index < -0.39 is 0 Å². The van der Waals surface area contributed by atoms with Crippen molar-refractivity contribution in [1.29, 1.82) is 0 Å². The number of imidazole rings is 1. The Morgan fingerprint density at radius 1 is 0.824 bits per heavy atom. The van der Waals surface area contributed by atoms with Crippen LogP contribution in [0.5, 0.6) is 0 Å². The molecule has 1 amide bonds. The second kappa shape index (κ2) is 8.99. The Morgan fingerprint density at radius 3 is 2.15 bits per heavy atom. The second-order valence-electron chi connectivity index (χ2n) is 8.64. The first-order valence-electron chi connectivity index (χ1n) is 11.5. The number of nitrogens with one attached hydrogen (secondary N) is 1. The van der Waals surface area contributed by atoms with Gasteiger partial charge in [0.2, 0.25) is 0 Å². The molecule has 4 nitrogen and oxygen atoms in total. The summed E-state index contributed by atoms with van der Waals surface area (Å²) >= 11 is 0. The number of amides is 1. The van der Waals surface area contributed by atoms with Crippen molar-refractivity contribution < 1.29 is 4.79 Å². The van der Waals surface area contributed by atoms with E-state index in [-0.39, 0.29) is 11.9 Å². The van der Waals surface area contributed by atoms with Crippen molar-refractivity contribution in [3.05, 3.63) is 114 Å². The Kier molecular flexibility index (Phi) is 5.72. The van der Waals surface area contributed by atoms with E-state index in [0.29, 0.717) is 11.4 Å². The van der Waals surface area contributed by atoms with Crippen LogP contribution in [0, 0.1) is 6.92 Å². The standard InChI is InChI=1S/C30H27N3O/c1-20-18-19-26(25-17-11-10-16-24(20)25)27-28(30(34)31-21(2)22-12-6-4-7-13-22)33(3)29(32-27)23-14-8-5-9-15-23/h4-19,21H,1-3H3,(H,31,34). The molecule has 4 heteroatoms. The molecule has 0 radical (unpaired) electrons. The number of carbonyl (C=O) groups excluding carboxylic acids is 1. The van der Waals surface area contributed by atoms with Crippen LogP contribution in [0.1, 0.15) is 34.6 Å². The lowest BCUT2D eigenvalue weighted by molar-refractivity contribution is 0.0932. The number of fused-ring (bicyclic) bond motifs is 1. The van der Waals surface area contributed by atoms with Gasteiger partial charge in [0.05, 0.1) is 6.04 Å². The lowest BCUT2D eigenvalue weighted by Crippen LogP contribution is -2.28. The van der Waals surface area contributed by atoms with Gasteiger partial charge in [-0.25, -0.2) is 4.98 Å². The van der Waals surface area contributed by atoms with Crippen LogP contribution >= 0.6 is 0 Å². The predicted molar refractivity (Wildman–Crippen MR) is 139 cm³/mol. The molecule has 5 aromatic rings. The van der Waals surface area contributed by atoms with Gasteiger partial charge in [-0.05, 0) is 35.7 Å². The molecule has 0 aliphatic rings. The Hall–Kier alpha value is -4.18. The number of rotatable bonds is 5. The van der Waals surface area contributed by atoms with E-state index in [0.717, 1.165) is 33.3 Å². The van der Waals surface area contributed by atoms with Gasteiger partial charge in [-0.15, -0.1) is 0 Å². The molecule has 0 bridgehead atoms. The van der Waals surface area contributed by atoms with Crippen LogP contribution in [0.3, 0.4) is 0 Å². The summed E-state index contributed by atoms with van der Waals surface area (Å²) in [6.07, 6.45) is 0. The van der Waals surface area contributed by atoms with Gasteiger partial charge >= 0.3 is 0 Å². The largest absolute Gasteiger partial charge is 0.344 e. The third kappa shape index (κ3) is 3.88. The third-order valence-corrected chi connectivity index (χ3v) is 6.39. The van der Waals surface area contributed by atoms with Crippen LogP contribution in [0.25, 0.3) is 33.4 Å².